The van der Waals surface area contributed by atoms with E-state index in [4.69, 9.17) is 4.74 Å². The van der Waals surface area contributed by atoms with Gasteiger partial charge in [-0.2, -0.15) is 4.31 Å². The summed E-state index contributed by atoms with van der Waals surface area (Å²) >= 11 is 0. The van der Waals surface area contributed by atoms with E-state index in [0.717, 1.165) is 19.3 Å². The summed E-state index contributed by atoms with van der Waals surface area (Å²) in [6, 6.07) is 12.8. The molecule has 2 aromatic rings. The van der Waals surface area contributed by atoms with Crippen molar-refractivity contribution in [3.63, 3.8) is 0 Å². The lowest BCUT2D eigenvalue weighted by Gasteiger charge is -2.33. The maximum absolute atomic E-state index is 13.1. The van der Waals surface area contributed by atoms with Gasteiger partial charge < -0.3 is 10.1 Å². The Morgan fingerprint density at radius 3 is 2.48 bits per heavy atom. The lowest BCUT2D eigenvalue weighted by Crippen LogP contribution is -2.50. The number of methoxy groups -OCH3 is 1. The first-order valence-corrected chi connectivity index (χ1v) is 12.2. The molecule has 31 heavy (non-hydrogen) atoms. The van der Waals surface area contributed by atoms with Crippen LogP contribution in [0.25, 0.3) is 0 Å². The molecule has 1 aliphatic heterocycles. The van der Waals surface area contributed by atoms with Gasteiger partial charge in [-0.3, -0.25) is 9.69 Å². The highest BCUT2D eigenvalue weighted by atomic mass is 32.2. The highest BCUT2D eigenvalue weighted by Gasteiger charge is 2.29. The quantitative estimate of drug-likeness (QED) is 0.742. The van der Waals surface area contributed by atoms with E-state index in [1.165, 1.54) is 21.9 Å². The van der Waals surface area contributed by atoms with Crippen LogP contribution < -0.4 is 10.1 Å². The second-order valence-corrected chi connectivity index (χ2v) is 10.0. The standard InChI is InChI=1S/C23H29N3O4S/c1-30-21-8-4-7-20(16-21)24-23(27)17-25-11-13-26(14-12-25)31(28,29)22-10-9-18-5-2-3-6-19(18)15-22/h4,7-10,15-16H,2-3,5-6,11-14,17H2,1H3,(H,24,27). The lowest BCUT2D eigenvalue weighted by atomic mass is 9.92. The van der Waals surface area contributed by atoms with E-state index >= 15 is 0 Å². The first-order chi connectivity index (χ1) is 15.0. The number of anilines is 1. The molecule has 0 spiro atoms. The summed E-state index contributed by atoms with van der Waals surface area (Å²) in [6.07, 6.45) is 4.28. The molecule has 2 aromatic carbocycles. The molecule has 1 fully saturated rings. The van der Waals surface area contributed by atoms with E-state index in [2.05, 4.69) is 5.32 Å². The third-order valence-electron chi connectivity index (χ3n) is 6.01. The molecule has 166 valence electrons. The molecule has 1 saturated heterocycles. The Balaban J connectivity index is 1.33. The molecule has 1 amide bonds. The topological polar surface area (TPSA) is 79.0 Å². The Hall–Kier alpha value is -2.42. The van der Waals surface area contributed by atoms with Gasteiger partial charge in [0.2, 0.25) is 15.9 Å². The second kappa shape index (κ2) is 9.38. The van der Waals surface area contributed by atoms with Gasteiger partial charge in [0.1, 0.15) is 5.75 Å². The number of rotatable bonds is 6. The number of fused-ring (bicyclic) bond motifs is 1. The largest absolute Gasteiger partial charge is 0.497 e. The van der Waals surface area contributed by atoms with Gasteiger partial charge in [0.05, 0.1) is 18.6 Å². The van der Waals surface area contributed by atoms with Crippen molar-refractivity contribution in [2.45, 2.75) is 30.6 Å². The Morgan fingerprint density at radius 1 is 1.00 bits per heavy atom. The fourth-order valence-electron chi connectivity index (χ4n) is 4.25. The Bertz CT molecular complexity index is 1050. The molecule has 0 unspecified atom stereocenters. The Labute approximate surface area is 184 Å². The summed E-state index contributed by atoms with van der Waals surface area (Å²) in [6.45, 7) is 2.03. The lowest BCUT2D eigenvalue weighted by molar-refractivity contribution is -0.117. The van der Waals surface area contributed by atoms with Crippen molar-refractivity contribution in [1.82, 2.24) is 9.21 Å². The van der Waals surface area contributed by atoms with E-state index in [-0.39, 0.29) is 12.5 Å². The minimum atomic E-state index is -3.51. The molecular formula is C23H29N3O4S. The van der Waals surface area contributed by atoms with Crippen LogP contribution in [0.5, 0.6) is 5.75 Å². The van der Waals surface area contributed by atoms with Gasteiger partial charge in [-0.1, -0.05) is 12.1 Å². The smallest absolute Gasteiger partial charge is 0.243 e. The summed E-state index contributed by atoms with van der Waals surface area (Å²) in [7, 11) is -1.93. The van der Waals surface area contributed by atoms with Crippen molar-refractivity contribution < 1.29 is 17.9 Å². The van der Waals surface area contributed by atoms with Gasteiger partial charge in [-0.25, -0.2) is 8.42 Å². The summed E-state index contributed by atoms with van der Waals surface area (Å²) in [5.74, 6) is 0.554. The fourth-order valence-corrected chi connectivity index (χ4v) is 5.73. The number of hydrogen-bond acceptors (Lipinski definition) is 5. The number of amides is 1. The van der Waals surface area contributed by atoms with E-state index in [1.54, 1.807) is 19.2 Å². The summed E-state index contributed by atoms with van der Waals surface area (Å²) in [4.78, 5) is 14.8. The van der Waals surface area contributed by atoms with Crippen LogP contribution in [0.15, 0.2) is 47.4 Å². The number of ether oxygens (including phenoxy) is 1. The normalized spacial score (nSPS) is 17.7. The fraction of sp³-hybridized carbons (Fsp3) is 0.435. The van der Waals surface area contributed by atoms with Crippen LogP contribution in [0, 0.1) is 0 Å². The molecular weight excluding hydrogens is 414 g/mol. The van der Waals surface area contributed by atoms with E-state index in [9.17, 15) is 13.2 Å². The van der Waals surface area contributed by atoms with Gasteiger partial charge in [0.15, 0.2) is 0 Å². The molecule has 1 N–H and O–H groups in total. The predicted octanol–water partition coefficient (Wildman–Crippen LogP) is 2.52. The molecule has 0 radical (unpaired) electrons. The van der Waals surface area contributed by atoms with Crippen LogP contribution in [-0.2, 0) is 27.7 Å². The third-order valence-corrected chi connectivity index (χ3v) is 7.90. The van der Waals surface area contributed by atoms with Crippen LogP contribution in [0.1, 0.15) is 24.0 Å². The number of nitrogens with zero attached hydrogens (tertiary/aromatic N) is 2. The number of piperazine rings is 1. The van der Waals surface area contributed by atoms with Crippen LogP contribution in [0.2, 0.25) is 0 Å². The molecule has 1 aliphatic carbocycles. The van der Waals surface area contributed by atoms with Crippen LogP contribution >= 0.6 is 0 Å². The number of carbonyl (C=O) groups is 1. The minimum Gasteiger partial charge on any atom is -0.497 e. The summed E-state index contributed by atoms with van der Waals surface area (Å²) in [5, 5.41) is 2.87. The zero-order valence-corrected chi connectivity index (χ0v) is 18.7. The van der Waals surface area contributed by atoms with E-state index in [0.29, 0.717) is 42.5 Å². The van der Waals surface area contributed by atoms with Gasteiger partial charge in [0, 0.05) is 37.9 Å². The van der Waals surface area contributed by atoms with E-state index < -0.39 is 10.0 Å². The van der Waals surface area contributed by atoms with Crippen LogP contribution in [0.4, 0.5) is 5.69 Å². The first-order valence-electron chi connectivity index (χ1n) is 10.7. The zero-order chi connectivity index (χ0) is 21.8. The van der Waals surface area contributed by atoms with Crippen molar-refractivity contribution in [2.75, 3.05) is 45.2 Å². The van der Waals surface area contributed by atoms with Crippen molar-refractivity contribution in [3.05, 3.63) is 53.6 Å². The first kappa shape index (κ1) is 21.8. The maximum Gasteiger partial charge on any atom is 0.243 e. The number of hydrogen-bond donors (Lipinski definition) is 1. The number of nitrogens with one attached hydrogen (secondary N) is 1. The van der Waals surface area contributed by atoms with Crippen LogP contribution in [0.3, 0.4) is 0 Å². The molecule has 2 aliphatic rings. The number of aryl methyl sites for hydroxylation is 2. The molecule has 0 saturated carbocycles. The Morgan fingerprint density at radius 2 is 1.74 bits per heavy atom. The van der Waals surface area contributed by atoms with Gasteiger partial charge in [0.25, 0.3) is 0 Å². The molecule has 7 nitrogen and oxygen atoms in total. The molecule has 0 atom stereocenters. The SMILES string of the molecule is COc1cccc(NC(=O)CN2CCN(S(=O)(=O)c3ccc4c(c3)CCCC4)CC2)c1. The third kappa shape index (κ3) is 5.08. The zero-order valence-electron chi connectivity index (χ0n) is 17.8. The minimum absolute atomic E-state index is 0.126. The number of sulfonamides is 1. The van der Waals surface area contributed by atoms with Gasteiger partial charge >= 0.3 is 0 Å². The van der Waals surface area contributed by atoms with Crippen molar-refractivity contribution >= 4 is 21.6 Å². The molecule has 4 rings (SSSR count). The van der Waals surface area contributed by atoms with Gasteiger partial charge in [-0.05, 0) is 61.1 Å². The summed E-state index contributed by atoms with van der Waals surface area (Å²) < 4.78 is 32.9. The number of carbonyl (C=O) groups excluding carboxylic acids is 1. The Kier molecular flexibility index (Phi) is 6.60. The molecule has 8 heteroatoms. The van der Waals surface area contributed by atoms with Crippen molar-refractivity contribution in [2.24, 2.45) is 0 Å². The molecule has 0 aromatic heterocycles. The highest BCUT2D eigenvalue weighted by molar-refractivity contribution is 7.89. The monoisotopic (exact) mass is 443 g/mol. The average Bonchev–Trinajstić information content (AvgIpc) is 2.79. The maximum atomic E-state index is 13.1. The van der Waals surface area contributed by atoms with E-state index in [1.807, 2.05) is 35.2 Å². The average molecular weight is 444 g/mol. The predicted molar refractivity (Wildman–Crippen MR) is 120 cm³/mol. The molecule has 0 bridgehead atoms. The van der Waals surface area contributed by atoms with Crippen molar-refractivity contribution in [3.8, 4) is 5.75 Å². The summed E-state index contributed by atoms with van der Waals surface area (Å²) in [5.41, 5.74) is 3.12. The second-order valence-electron chi connectivity index (χ2n) is 8.10. The van der Waals surface area contributed by atoms with Crippen LogP contribution in [-0.4, -0.2) is 63.4 Å². The highest BCUT2D eigenvalue weighted by Crippen LogP contribution is 2.26. The van der Waals surface area contributed by atoms with Gasteiger partial charge in [-0.15, -0.1) is 0 Å². The van der Waals surface area contributed by atoms with Crippen molar-refractivity contribution in [1.29, 1.82) is 0 Å². The number of benzene rings is 2. The molecule has 1 heterocycles.